The van der Waals surface area contributed by atoms with Crippen LogP contribution in [0.1, 0.15) is 28.8 Å². The highest BCUT2D eigenvalue weighted by Gasteiger charge is 2.29. The van der Waals surface area contributed by atoms with Gasteiger partial charge in [0.05, 0.1) is 5.56 Å². The molecule has 1 aromatic rings. The summed E-state index contributed by atoms with van der Waals surface area (Å²) in [5.74, 6) is -0.687. The number of hydrogen-bond donors (Lipinski definition) is 1. The van der Waals surface area contributed by atoms with Crippen LogP contribution in [0.5, 0.6) is 0 Å². The highest BCUT2D eigenvalue weighted by molar-refractivity contribution is 5.95. The molecule has 4 heteroatoms. The number of benzene rings is 1. The largest absolute Gasteiger partial charge is 0.334 e. The Bertz CT molecular complexity index is 433. The second kappa shape index (κ2) is 4.84. The van der Waals surface area contributed by atoms with Crippen molar-refractivity contribution in [1.82, 2.24) is 4.90 Å². The Morgan fingerprint density at radius 2 is 2.35 bits per heavy atom. The van der Waals surface area contributed by atoms with Gasteiger partial charge >= 0.3 is 0 Å². The number of amides is 1. The fourth-order valence-corrected chi connectivity index (χ4v) is 2.30. The van der Waals surface area contributed by atoms with Crippen molar-refractivity contribution in [3.8, 4) is 0 Å². The lowest BCUT2D eigenvalue weighted by atomic mass is 10.1. The van der Waals surface area contributed by atoms with Crippen LogP contribution in [0, 0.1) is 12.7 Å². The van der Waals surface area contributed by atoms with Crippen LogP contribution in [0.2, 0.25) is 0 Å². The molecule has 92 valence electrons. The Morgan fingerprint density at radius 1 is 1.59 bits per heavy atom. The molecule has 0 bridgehead atoms. The van der Waals surface area contributed by atoms with Gasteiger partial charge in [-0.3, -0.25) is 4.79 Å². The predicted molar refractivity (Wildman–Crippen MR) is 64.2 cm³/mol. The molecule has 17 heavy (non-hydrogen) atoms. The summed E-state index contributed by atoms with van der Waals surface area (Å²) in [6.07, 6.45) is 1.86. The van der Waals surface area contributed by atoms with E-state index in [-0.39, 0.29) is 17.5 Å². The molecule has 1 aromatic carbocycles. The molecule has 1 saturated heterocycles. The second-order valence-electron chi connectivity index (χ2n) is 4.51. The molecule has 0 aromatic heterocycles. The SMILES string of the molecule is Cc1ccc(C(=O)N2CCC[C@@H]2CN)c(F)c1. The van der Waals surface area contributed by atoms with Crippen molar-refractivity contribution in [1.29, 1.82) is 0 Å². The standard InChI is InChI=1S/C13H17FN2O/c1-9-4-5-11(12(14)7-9)13(17)16-6-2-3-10(16)8-15/h4-5,7,10H,2-3,6,8,15H2,1H3/t10-/m1/s1. The van der Waals surface area contributed by atoms with Gasteiger partial charge < -0.3 is 10.6 Å². The van der Waals surface area contributed by atoms with Crippen LogP contribution in [0.4, 0.5) is 4.39 Å². The maximum absolute atomic E-state index is 13.7. The van der Waals surface area contributed by atoms with Gasteiger partial charge in [-0.05, 0) is 37.5 Å². The van der Waals surface area contributed by atoms with E-state index in [0.717, 1.165) is 18.4 Å². The maximum Gasteiger partial charge on any atom is 0.257 e. The molecule has 2 N–H and O–H groups in total. The fraction of sp³-hybridized carbons (Fsp3) is 0.462. The molecule has 0 spiro atoms. The predicted octanol–water partition coefficient (Wildman–Crippen LogP) is 1.70. The van der Waals surface area contributed by atoms with Crippen molar-refractivity contribution in [2.75, 3.05) is 13.1 Å². The van der Waals surface area contributed by atoms with Crippen LogP contribution in [-0.2, 0) is 0 Å². The van der Waals surface area contributed by atoms with Crippen molar-refractivity contribution in [2.24, 2.45) is 5.73 Å². The van der Waals surface area contributed by atoms with E-state index in [9.17, 15) is 9.18 Å². The number of carbonyl (C=O) groups is 1. The van der Waals surface area contributed by atoms with Gasteiger partial charge in [0, 0.05) is 19.1 Å². The molecule has 1 heterocycles. The van der Waals surface area contributed by atoms with Gasteiger partial charge in [-0.2, -0.15) is 0 Å². The van der Waals surface area contributed by atoms with Gasteiger partial charge in [-0.25, -0.2) is 4.39 Å². The molecule has 1 aliphatic heterocycles. The zero-order valence-corrected chi connectivity index (χ0v) is 9.95. The van der Waals surface area contributed by atoms with Crippen molar-refractivity contribution in [3.05, 3.63) is 35.1 Å². The third-order valence-corrected chi connectivity index (χ3v) is 3.27. The van der Waals surface area contributed by atoms with Crippen LogP contribution in [0.3, 0.4) is 0 Å². The number of carbonyl (C=O) groups excluding carboxylic acids is 1. The topological polar surface area (TPSA) is 46.3 Å². The van der Waals surface area contributed by atoms with Gasteiger partial charge in [-0.1, -0.05) is 6.07 Å². The molecule has 0 radical (unpaired) electrons. The number of nitrogens with zero attached hydrogens (tertiary/aromatic N) is 1. The van der Waals surface area contributed by atoms with Crippen molar-refractivity contribution in [3.63, 3.8) is 0 Å². The summed E-state index contributed by atoms with van der Waals surface area (Å²) in [6, 6.07) is 4.76. The summed E-state index contributed by atoms with van der Waals surface area (Å²) in [5.41, 5.74) is 6.58. The van der Waals surface area contributed by atoms with E-state index in [0.29, 0.717) is 13.1 Å². The Hall–Kier alpha value is -1.42. The van der Waals surface area contributed by atoms with Gasteiger partial charge in [0.25, 0.3) is 5.91 Å². The molecule has 0 aliphatic carbocycles. The van der Waals surface area contributed by atoms with Crippen molar-refractivity contribution >= 4 is 5.91 Å². The van der Waals surface area contributed by atoms with E-state index >= 15 is 0 Å². The van der Waals surface area contributed by atoms with E-state index in [4.69, 9.17) is 5.73 Å². The van der Waals surface area contributed by atoms with E-state index in [1.165, 1.54) is 6.07 Å². The molecular weight excluding hydrogens is 219 g/mol. The summed E-state index contributed by atoms with van der Waals surface area (Å²) >= 11 is 0. The van der Waals surface area contributed by atoms with Crippen molar-refractivity contribution in [2.45, 2.75) is 25.8 Å². The first-order chi connectivity index (χ1) is 8.13. The molecule has 2 rings (SSSR count). The van der Waals surface area contributed by atoms with Crippen LogP contribution in [-0.4, -0.2) is 29.9 Å². The second-order valence-corrected chi connectivity index (χ2v) is 4.51. The normalized spacial score (nSPS) is 19.7. The highest BCUT2D eigenvalue weighted by atomic mass is 19.1. The lowest BCUT2D eigenvalue weighted by molar-refractivity contribution is 0.0736. The monoisotopic (exact) mass is 236 g/mol. The Morgan fingerprint density at radius 3 is 3.00 bits per heavy atom. The van der Waals surface area contributed by atoms with Crippen LogP contribution < -0.4 is 5.73 Å². The summed E-state index contributed by atoms with van der Waals surface area (Å²) < 4.78 is 13.7. The zero-order chi connectivity index (χ0) is 12.4. The molecule has 1 aliphatic rings. The van der Waals surface area contributed by atoms with Crippen LogP contribution >= 0.6 is 0 Å². The number of aryl methyl sites for hydroxylation is 1. The van der Waals surface area contributed by atoms with E-state index in [1.807, 2.05) is 0 Å². The van der Waals surface area contributed by atoms with Gasteiger partial charge in [0.2, 0.25) is 0 Å². The van der Waals surface area contributed by atoms with E-state index in [2.05, 4.69) is 0 Å². The minimum Gasteiger partial charge on any atom is -0.334 e. The average molecular weight is 236 g/mol. The smallest absolute Gasteiger partial charge is 0.257 e. The van der Waals surface area contributed by atoms with Crippen LogP contribution in [0.25, 0.3) is 0 Å². The summed E-state index contributed by atoms with van der Waals surface area (Å²) in [5, 5.41) is 0. The summed E-state index contributed by atoms with van der Waals surface area (Å²) in [7, 11) is 0. The minimum atomic E-state index is -0.447. The number of nitrogens with two attached hydrogens (primary N) is 1. The summed E-state index contributed by atoms with van der Waals surface area (Å²) in [4.78, 5) is 13.9. The Labute approximate surface area is 100 Å². The first-order valence-corrected chi connectivity index (χ1v) is 5.90. The molecule has 1 atom stereocenters. The lowest BCUT2D eigenvalue weighted by Crippen LogP contribution is -2.40. The first-order valence-electron chi connectivity index (χ1n) is 5.90. The Kier molecular flexibility index (Phi) is 3.43. The molecule has 3 nitrogen and oxygen atoms in total. The van der Waals surface area contributed by atoms with E-state index in [1.54, 1.807) is 24.0 Å². The molecule has 1 fully saturated rings. The average Bonchev–Trinajstić information content (AvgIpc) is 2.76. The van der Waals surface area contributed by atoms with Gasteiger partial charge in [-0.15, -0.1) is 0 Å². The minimum absolute atomic E-state index is 0.0585. The Balaban J connectivity index is 2.24. The van der Waals surface area contributed by atoms with Crippen LogP contribution in [0.15, 0.2) is 18.2 Å². The van der Waals surface area contributed by atoms with Gasteiger partial charge in [0.1, 0.15) is 5.82 Å². The maximum atomic E-state index is 13.7. The first kappa shape index (κ1) is 12.0. The van der Waals surface area contributed by atoms with E-state index < -0.39 is 5.82 Å². The fourth-order valence-electron chi connectivity index (χ4n) is 2.30. The molecular formula is C13H17FN2O. The zero-order valence-electron chi connectivity index (χ0n) is 9.95. The highest BCUT2D eigenvalue weighted by Crippen LogP contribution is 2.21. The molecule has 0 unspecified atom stereocenters. The number of rotatable bonds is 2. The number of halogens is 1. The third kappa shape index (κ3) is 2.31. The molecule has 1 amide bonds. The van der Waals surface area contributed by atoms with Gasteiger partial charge in [0.15, 0.2) is 0 Å². The van der Waals surface area contributed by atoms with Crippen molar-refractivity contribution < 1.29 is 9.18 Å². The molecule has 0 saturated carbocycles. The third-order valence-electron chi connectivity index (χ3n) is 3.27. The number of hydrogen-bond acceptors (Lipinski definition) is 2. The summed E-state index contributed by atoms with van der Waals surface area (Å²) in [6.45, 7) is 2.92. The number of likely N-dealkylation sites (tertiary alicyclic amines) is 1. The lowest BCUT2D eigenvalue weighted by Gasteiger charge is -2.23. The quantitative estimate of drug-likeness (QED) is 0.849.